The van der Waals surface area contributed by atoms with E-state index in [0.717, 1.165) is 12.0 Å². The second-order valence-electron chi connectivity index (χ2n) is 6.03. The highest BCUT2D eigenvalue weighted by Gasteiger charge is 2.35. The van der Waals surface area contributed by atoms with Crippen LogP contribution in [0.25, 0.3) is 0 Å². The minimum Gasteiger partial charge on any atom is -0.480 e. The quantitative estimate of drug-likeness (QED) is 0.850. The van der Waals surface area contributed by atoms with Crippen molar-refractivity contribution in [2.45, 2.75) is 38.1 Å². The van der Waals surface area contributed by atoms with Crippen LogP contribution in [0.2, 0.25) is 0 Å². The molecule has 2 rings (SSSR count). The lowest BCUT2D eigenvalue weighted by Gasteiger charge is -2.36. The van der Waals surface area contributed by atoms with Crippen LogP contribution < -0.4 is 0 Å². The molecule has 1 N–H and O–H groups in total. The average molecular weight is 301 g/mol. The van der Waals surface area contributed by atoms with Crippen molar-refractivity contribution in [1.82, 2.24) is 4.90 Å². The SMILES string of the molecule is C=CC(CC(=O)N1CCC(C)CC1C(=O)O)c1ccccc1. The molecule has 0 aromatic heterocycles. The van der Waals surface area contributed by atoms with E-state index in [-0.39, 0.29) is 18.2 Å². The van der Waals surface area contributed by atoms with Gasteiger partial charge in [0.05, 0.1) is 0 Å². The summed E-state index contributed by atoms with van der Waals surface area (Å²) in [4.78, 5) is 25.5. The van der Waals surface area contributed by atoms with Crippen LogP contribution in [-0.4, -0.2) is 34.5 Å². The summed E-state index contributed by atoms with van der Waals surface area (Å²) >= 11 is 0. The molecule has 0 radical (unpaired) electrons. The van der Waals surface area contributed by atoms with Gasteiger partial charge in [-0.1, -0.05) is 43.3 Å². The number of carboxylic acids is 1. The molecule has 0 bridgehead atoms. The van der Waals surface area contributed by atoms with E-state index in [2.05, 4.69) is 6.58 Å². The summed E-state index contributed by atoms with van der Waals surface area (Å²) in [6, 6.07) is 9.02. The molecule has 3 unspecified atom stereocenters. The summed E-state index contributed by atoms with van der Waals surface area (Å²) in [6.45, 7) is 6.37. The fourth-order valence-corrected chi connectivity index (χ4v) is 3.02. The summed E-state index contributed by atoms with van der Waals surface area (Å²) in [5.41, 5.74) is 1.03. The molecular weight excluding hydrogens is 278 g/mol. The first kappa shape index (κ1) is 16.3. The minimum absolute atomic E-state index is 0.0810. The highest BCUT2D eigenvalue weighted by Crippen LogP contribution is 2.27. The van der Waals surface area contributed by atoms with Crippen molar-refractivity contribution in [2.75, 3.05) is 6.54 Å². The Labute approximate surface area is 131 Å². The van der Waals surface area contributed by atoms with Gasteiger partial charge in [-0.2, -0.15) is 0 Å². The van der Waals surface area contributed by atoms with Crippen molar-refractivity contribution in [3.05, 3.63) is 48.6 Å². The smallest absolute Gasteiger partial charge is 0.326 e. The number of carbonyl (C=O) groups excluding carboxylic acids is 1. The van der Waals surface area contributed by atoms with E-state index in [4.69, 9.17) is 0 Å². The number of benzene rings is 1. The summed E-state index contributed by atoms with van der Waals surface area (Å²) < 4.78 is 0. The molecule has 118 valence electrons. The maximum atomic E-state index is 12.6. The molecule has 1 heterocycles. The third kappa shape index (κ3) is 3.75. The molecule has 1 aliphatic heterocycles. The number of amides is 1. The molecule has 0 saturated carbocycles. The van der Waals surface area contributed by atoms with Gasteiger partial charge in [0.1, 0.15) is 6.04 Å². The van der Waals surface area contributed by atoms with Gasteiger partial charge in [-0.25, -0.2) is 4.79 Å². The first-order valence-corrected chi connectivity index (χ1v) is 7.72. The van der Waals surface area contributed by atoms with Gasteiger partial charge in [0, 0.05) is 18.9 Å². The van der Waals surface area contributed by atoms with Gasteiger partial charge >= 0.3 is 5.97 Å². The van der Waals surface area contributed by atoms with E-state index >= 15 is 0 Å². The topological polar surface area (TPSA) is 57.6 Å². The van der Waals surface area contributed by atoms with Crippen LogP contribution in [0.3, 0.4) is 0 Å². The van der Waals surface area contributed by atoms with E-state index < -0.39 is 12.0 Å². The van der Waals surface area contributed by atoms with Crippen molar-refractivity contribution < 1.29 is 14.7 Å². The molecule has 1 saturated heterocycles. The predicted octanol–water partition coefficient (Wildman–Crippen LogP) is 3.06. The second kappa shape index (κ2) is 7.25. The van der Waals surface area contributed by atoms with Crippen molar-refractivity contribution >= 4 is 11.9 Å². The molecule has 1 fully saturated rings. The molecule has 1 aliphatic rings. The monoisotopic (exact) mass is 301 g/mol. The molecule has 1 amide bonds. The van der Waals surface area contributed by atoms with Gasteiger partial charge in [0.25, 0.3) is 0 Å². The molecule has 4 nitrogen and oxygen atoms in total. The summed E-state index contributed by atoms with van der Waals surface area (Å²) in [5.74, 6) is -0.750. The number of likely N-dealkylation sites (tertiary alicyclic amines) is 1. The normalized spacial score (nSPS) is 22.9. The molecule has 3 atom stereocenters. The molecular formula is C18H23NO3. The fraction of sp³-hybridized carbons (Fsp3) is 0.444. The highest BCUT2D eigenvalue weighted by atomic mass is 16.4. The van der Waals surface area contributed by atoms with Gasteiger partial charge in [-0.05, 0) is 24.3 Å². The van der Waals surface area contributed by atoms with Crippen LogP contribution in [-0.2, 0) is 9.59 Å². The van der Waals surface area contributed by atoms with Crippen molar-refractivity contribution in [3.63, 3.8) is 0 Å². The number of allylic oxidation sites excluding steroid dienone is 1. The van der Waals surface area contributed by atoms with Crippen molar-refractivity contribution in [1.29, 1.82) is 0 Å². The van der Waals surface area contributed by atoms with Crippen LogP contribution in [0.5, 0.6) is 0 Å². The minimum atomic E-state index is -0.908. The van der Waals surface area contributed by atoms with E-state index in [1.165, 1.54) is 4.90 Å². The average Bonchev–Trinajstić information content (AvgIpc) is 2.53. The first-order chi connectivity index (χ1) is 10.5. The molecule has 1 aromatic rings. The van der Waals surface area contributed by atoms with Crippen LogP contribution in [0, 0.1) is 5.92 Å². The number of aliphatic carboxylic acids is 1. The third-order valence-corrected chi connectivity index (χ3v) is 4.38. The number of rotatable bonds is 5. The second-order valence-corrected chi connectivity index (χ2v) is 6.03. The Hall–Kier alpha value is -2.10. The van der Waals surface area contributed by atoms with Gasteiger partial charge in [-0.15, -0.1) is 6.58 Å². The Balaban J connectivity index is 2.09. The van der Waals surface area contributed by atoms with Gasteiger partial charge < -0.3 is 10.0 Å². The third-order valence-electron chi connectivity index (χ3n) is 4.38. The fourth-order valence-electron chi connectivity index (χ4n) is 3.02. The van der Waals surface area contributed by atoms with Crippen LogP contribution in [0.4, 0.5) is 0 Å². The van der Waals surface area contributed by atoms with Crippen LogP contribution >= 0.6 is 0 Å². The Morgan fingerprint density at radius 1 is 1.41 bits per heavy atom. The summed E-state index contributed by atoms with van der Waals surface area (Å²) in [7, 11) is 0. The molecule has 1 aromatic carbocycles. The maximum absolute atomic E-state index is 12.6. The Bertz CT molecular complexity index is 541. The Morgan fingerprint density at radius 2 is 2.09 bits per heavy atom. The van der Waals surface area contributed by atoms with E-state index in [0.29, 0.717) is 18.9 Å². The lowest BCUT2D eigenvalue weighted by atomic mass is 9.90. The number of piperidine rings is 1. The van der Waals surface area contributed by atoms with E-state index in [9.17, 15) is 14.7 Å². The zero-order valence-corrected chi connectivity index (χ0v) is 12.9. The van der Waals surface area contributed by atoms with Gasteiger partial charge in [0.15, 0.2) is 0 Å². The predicted molar refractivity (Wildman–Crippen MR) is 85.5 cm³/mol. The number of carboxylic acid groups (broad SMARTS) is 1. The number of nitrogens with zero attached hydrogens (tertiary/aromatic N) is 1. The Morgan fingerprint density at radius 3 is 2.68 bits per heavy atom. The van der Waals surface area contributed by atoms with Crippen molar-refractivity contribution in [2.24, 2.45) is 5.92 Å². The lowest BCUT2D eigenvalue weighted by molar-refractivity contribution is -0.153. The summed E-state index contributed by atoms with van der Waals surface area (Å²) in [6.07, 6.45) is 3.42. The van der Waals surface area contributed by atoms with E-state index in [1.54, 1.807) is 6.08 Å². The largest absolute Gasteiger partial charge is 0.480 e. The standard InChI is InChI=1S/C18H23NO3/c1-3-14(15-7-5-4-6-8-15)12-17(20)19-10-9-13(2)11-16(19)18(21)22/h3-8,13-14,16H,1,9-12H2,2H3,(H,21,22). The van der Waals surface area contributed by atoms with Crippen LogP contribution in [0.1, 0.15) is 37.7 Å². The lowest BCUT2D eigenvalue weighted by Crippen LogP contribution is -2.50. The number of carbonyl (C=O) groups is 2. The van der Waals surface area contributed by atoms with Crippen LogP contribution in [0.15, 0.2) is 43.0 Å². The Kier molecular flexibility index (Phi) is 5.36. The maximum Gasteiger partial charge on any atom is 0.326 e. The van der Waals surface area contributed by atoms with Crippen molar-refractivity contribution in [3.8, 4) is 0 Å². The summed E-state index contributed by atoms with van der Waals surface area (Å²) in [5, 5.41) is 9.37. The van der Waals surface area contributed by atoms with Gasteiger partial charge in [-0.3, -0.25) is 4.79 Å². The molecule has 0 aliphatic carbocycles. The molecule has 4 heteroatoms. The van der Waals surface area contributed by atoms with E-state index in [1.807, 2.05) is 37.3 Å². The number of hydrogen-bond donors (Lipinski definition) is 1. The number of hydrogen-bond acceptors (Lipinski definition) is 2. The first-order valence-electron chi connectivity index (χ1n) is 7.72. The highest BCUT2D eigenvalue weighted by molar-refractivity contribution is 5.84. The zero-order chi connectivity index (χ0) is 16.1. The zero-order valence-electron chi connectivity index (χ0n) is 12.9. The molecule has 0 spiro atoms. The molecule has 22 heavy (non-hydrogen) atoms. The van der Waals surface area contributed by atoms with Gasteiger partial charge in [0.2, 0.25) is 5.91 Å².